The molecule has 0 bridgehead atoms. The molecule has 0 saturated heterocycles. The molecule has 0 saturated carbocycles. The molecule has 0 spiro atoms. The molecule has 0 aliphatic carbocycles. The summed E-state index contributed by atoms with van der Waals surface area (Å²) in [7, 11) is 1.65. The minimum absolute atomic E-state index is 0.113. The van der Waals surface area contributed by atoms with Crippen LogP contribution in [-0.4, -0.2) is 35.9 Å². The van der Waals surface area contributed by atoms with E-state index in [-0.39, 0.29) is 18.3 Å². The van der Waals surface area contributed by atoms with E-state index in [1.807, 2.05) is 0 Å². The number of rotatable bonds is 4. The summed E-state index contributed by atoms with van der Waals surface area (Å²) >= 11 is 0. The van der Waals surface area contributed by atoms with Crippen LogP contribution in [0.5, 0.6) is 0 Å². The SMILES string of the molecule is CC(CO)N(C)c1cc(F)c(C(=O)O)cc1N. The van der Waals surface area contributed by atoms with E-state index in [9.17, 15) is 9.18 Å². The van der Waals surface area contributed by atoms with Crippen LogP contribution in [0.2, 0.25) is 0 Å². The normalized spacial score (nSPS) is 12.2. The number of hydrogen-bond acceptors (Lipinski definition) is 4. The Balaban J connectivity index is 3.20. The number of aliphatic hydroxyl groups excluding tert-OH is 1. The Kier molecular flexibility index (Phi) is 3.90. The maximum atomic E-state index is 13.5. The summed E-state index contributed by atoms with van der Waals surface area (Å²) in [5, 5.41) is 17.7. The molecule has 1 rings (SSSR count). The zero-order chi connectivity index (χ0) is 13.2. The van der Waals surface area contributed by atoms with Crippen molar-refractivity contribution in [1.29, 1.82) is 0 Å². The van der Waals surface area contributed by atoms with Gasteiger partial charge in [0.05, 0.1) is 23.5 Å². The quantitative estimate of drug-likeness (QED) is 0.683. The average Bonchev–Trinajstić information content (AvgIpc) is 2.29. The highest BCUT2D eigenvalue weighted by molar-refractivity contribution is 5.90. The van der Waals surface area contributed by atoms with E-state index in [1.165, 1.54) is 0 Å². The molecule has 0 aliphatic rings. The number of nitrogen functional groups attached to an aromatic ring is 1. The van der Waals surface area contributed by atoms with Gasteiger partial charge in [-0.05, 0) is 13.0 Å². The molecule has 17 heavy (non-hydrogen) atoms. The van der Waals surface area contributed by atoms with Crippen LogP contribution in [0.15, 0.2) is 12.1 Å². The van der Waals surface area contributed by atoms with Gasteiger partial charge in [0.1, 0.15) is 5.82 Å². The van der Waals surface area contributed by atoms with Crippen LogP contribution in [0, 0.1) is 5.82 Å². The Labute approximate surface area is 98.3 Å². The number of carboxylic acid groups (broad SMARTS) is 1. The van der Waals surface area contributed by atoms with Crippen molar-refractivity contribution in [1.82, 2.24) is 0 Å². The van der Waals surface area contributed by atoms with E-state index in [0.29, 0.717) is 5.69 Å². The summed E-state index contributed by atoms with van der Waals surface area (Å²) in [6, 6.07) is 1.89. The second-order valence-corrected chi connectivity index (χ2v) is 3.84. The summed E-state index contributed by atoms with van der Waals surface area (Å²) in [6.07, 6.45) is 0. The summed E-state index contributed by atoms with van der Waals surface area (Å²) in [5.41, 5.74) is 5.72. The van der Waals surface area contributed by atoms with Gasteiger partial charge in [-0.2, -0.15) is 0 Å². The summed E-state index contributed by atoms with van der Waals surface area (Å²) in [6.45, 7) is 1.63. The molecule has 4 N–H and O–H groups in total. The molecule has 0 heterocycles. The zero-order valence-corrected chi connectivity index (χ0v) is 9.64. The molecule has 1 atom stereocenters. The number of halogens is 1. The van der Waals surface area contributed by atoms with Crippen LogP contribution < -0.4 is 10.6 Å². The number of aromatic carboxylic acids is 1. The van der Waals surface area contributed by atoms with E-state index < -0.39 is 17.3 Å². The van der Waals surface area contributed by atoms with Gasteiger partial charge in [0, 0.05) is 19.2 Å². The third-order valence-corrected chi connectivity index (χ3v) is 2.65. The number of anilines is 2. The molecule has 6 heteroatoms. The Bertz CT molecular complexity index is 437. The zero-order valence-electron chi connectivity index (χ0n) is 9.64. The number of aliphatic hydroxyl groups is 1. The molecule has 0 amide bonds. The summed E-state index contributed by atoms with van der Waals surface area (Å²) < 4.78 is 13.5. The molecular formula is C11H15FN2O3. The highest BCUT2D eigenvalue weighted by atomic mass is 19.1. The topological polar surface area (TPSA) is 86.8 Å². The molecule has 1 unspecified atom stereocenters. The third kappa shape index (κ3) is 2.65. The monoisotopic (exact) mass is 242 g/mol. The van der Waals surface area contributed by atoms with Crippen LogP contribution in [-0.2, 0) is 0 Å². The van der Waals surface area contributed by atoms with Gasteiger partial charge in [-0.3, -0.25) is 0 Å². The first-order chi connectivity index (χ1) is 7.88. The molecule has 5 nitrogen and oxygen atoms in total. The number of carbonyl (C=O) groups is 1. The van der Waals surface area contributed by atoms with Crippen LogP contribution >= 0.6 is 0 Å². The van der Waals surface area contributed by atoms with Gasteiger partial charge in [-0.1, -0.05) is 0 Å². The van der Waals surface area contributed by atoms with Crippen molar-refractivity contribution in [2.75, 3.05) is 24.3 Å². The highest BCUT2D eigenvalue weighted by Gasteiger charge is 2.17. The van der Waals surface area contributed by atoms with E-state index in [1.54, 1.807) is 18.9 Å². The average molecular weight is 242 g/mol. The van der Waals surface area contributed by atoms with Crippen molar-refractivity contribution in [3.63, 3.8) is 0 Å². The number of benzene rings is 1. The second-order valence-electron chi connectivity index (χ2n) is 3.84. The number of nitrogens with two attached hydrogens (primary N) is 1. The fraction of sp³-hybridized carbons (Fsp3) is 0.364. The third-order valence-electron chi connectivity index (χ3n) is 2.65. The van der Waals surface area contributed by atoms with Crippen molar-refractivity contribution in [2.24, 2.45) is 0 Å². The van der Waals surface area contributed by atoms with Gasteiger partial charge in [0.15, 0.2) is 0 Å². The highest BCUT2D eigenvalue weighted by Crippen LogP contribution is 2.27. The maximum absolute atomic E-state index is 13.5. The first kappa shape index (κ1) is 13.2. The van der Waals surface area contributed by atoms with Crippen LogP contribution in [0.4, 0.5) is 15.8 Å². The number of likely N-dealkylation sites (N-methyl/N-ethyl adjacent to an activating group) is 1. The molecule has 0 fully saturated rings. The molecule has 94 valence electrons. The minimum Gasteiger partial charge on any atom is -0.478 e. The van der Waals surface area contributed by atoms with Gasteiger partial charge in [-0.15, -0.1) is 0 Å². The summed E-state index contributed by atoms with van der Waals surface area (Å²) in [5.74, 6) is -2.21. The Morgan fingerprint density at radius 1 is 1.59 bits per heavy atom. The lowest BCUT2D eigenvalue weighted by atomic mass is 10.1. The molecular weight excluding hydrogens is 227 g/mol. The van der Waals surface area contributed by atoms with Crippen LogP contribution in [0.25, 0.3) is 0 Å². The van der Waals surface area contributed by atoms with E-state index in [4.69, 9.17) is 15.9 Å². The lowest BCUT2D eigenvalue weighted by molar-refractivity contribution is 0.0692. The van der Waals surface area contributed by atoms with Crippen LogP contribution in [0.3, 0.4) is 0 Å². The van der Waals surface area contributed by atoms with Gasteiger partial charge >= 0.3 is 5.97 Å². The molecule has 0 aliphatic heterocycles. The van der Waals surface area contributed by atoms with Crippen molar-refractivity contribution in [3.8, 4) is 0 Å². The fourth-order valence-electron chi connectivity index (χ4n) is 1.41. The largest absolute Gasteiger partial charge is 0.478 e. The van der Waals surface area contributed by atoms with Crippen molar-refractivity contribution in [3.05, 3.63) is 23.5 Å². The maximum Gasteiger partial charge on any atom is 0.338 e. The van der Waals surface area contributed by atoms with Gasteiger partial charge in [-0.25, -0.2) is 9.18 Å². The molecule has 0 radical (unpaired) electrons. The van der Waals surface area contributed by atoms with Crippen LogP contribution in [0.1, 0.15) is 17.3 Å². The Morgan fingerprint density at radius 2 is 2.18 bits per heavy atom. The number of carboxylic acids is 1. The Hall–Kier alpha value is -1.82. The molecule has 0 aromatic heterocycles. The van der Waals surface area contributed by atoms with Crippen molar-refractivity contribution < 1.29 is 19.4 Å². The van der Waals surface area contributed by atoms with Gasteiger partial charge < -0.3 is 20.8 Å². The van der Waals surface area contributed by atoms with E-state index in [2.05, 4.69) is 0 Å². The second kappa shape index (κ2) is 5.01. The van der Waals surface area contributed by atoms with Gasteiger partial charge in [0.2, 0.25) is 0 Å². The lowest BCUT2D eigenvalue weighted by Crippen LogP contribution is -2.32. The fourth-order valence-corrected chi connectivity index (χ4v) is 1.41. The smallest absolute Gasteiger partial charge is 0.338 e. The van der Waals surface area contributed by atoms with Gasteiger partial charge in [0.25, 0.3) is 0 Å². The number of hydrogen-bond donors (Lipinski definition) is 3. The Morgan fingerprint density at radius 3 is 2.65 bits per heavy atom. The minimum atomic E-state index is -1.36. The van der Waals surface area contributed by atoms with E-state index in [0.717, 1.165) is 12.1 Å². The molecule has 1 aromatic carbocycles. The lowest BCUT2D eigenvalue weighted by Gasteiger charge is -2.26. The first-order valence-corrected chi connectivity index (χ1v) is 5.04. The number of nitrogens with zero attached hydrogens (tertiary/aromatic N) is 1. The van der Waals surface area contributed by atoms with Crippen molar-refractivity contribution in [2.45, 2.75) is 13.0 Å². The standard InChI is InChI=1S/C11H15FN2O3/c1-6(5-15)14(2)10-4-8(12)7(11(16)17)3-9(10)13/h3-4,6,15H,5,13H2,1-2H3,(H,16,17). The molecule has 1 aromatic rings. The summed E-state index contributed by atoms with van der Waals surface area (Å²) in [4.78, 5) is 12.3. The predicted molar refractivity (Wildman–Crippen MR) is 62.7 cm³/mol. The predicted octanol–water partition coefficient (Wildman–Crippen LogP) is 0.923. The van der Waals surface area contributed by atoms with Crippen molar-refractivity contribution >= 4 is 17.3 Å². The first-order valence-electron chi connectivity index (χ1n) is 5.04. The van der Waals surface area contributed by atoms with E-state index >= 15 is 0 Å².